The molecule has 0 radical (unpaired) electrons. The SMILES string of the molecule is CCCCCCCCCCCCC(CCCCCCCCCC)CN1C(=O)C(C)c2cc3c(cc21)C(S(=P)I)C(=O)N3CC(CCCCCCCCCC)CCCCCCCCCCCC. The van der Waals surface area contributed by atoms with Gasteiger partial charge in [0.05, 0.1) is 5.92 Å². The number of rotatable bonds is 45. The molecule has 0 saturated heterocycles. The van der Waals surface area contributed by atoms with Crippen LogP contribution in [0.5, 0.6) is 0 Å². The number of unbranched alkanes of at least 4 members (excludes halogenated alkanes) is 32. The van der Waals surface area contributed by atoms with Gasteiger partial charge in [-0.15, -0.1) is 0 Å². The molecule has 2 amide bonds. The van der Waals surface area contributed by atoms with E-state index in [9.17, 15) is 9.59 Å². The molecule has 1 aromatic carbocycles. The van der Waals surface area contributed by atoms with Gasteiger partial charge in [0.15, 0.2) is 0 Å². The van der Waals surface area contributed by atoms with E-state index in [1.807, 2.05) is 0 Å². The first-order chi connectivity index (χ1) is 32.3. The lowest BCUT2D eigenvalue weighted by Crippen LogP contribution is -2.34. The van der Waals surface area contributed by atoms with Gasteiger partial charge in [-0.2, -0.15) is 0 Å². The molecule has 1 aromatic rings. The maximum atomic E-state index is 14.7. The van der Waals surface area contributed by atoms with Gasteiger partial charge in [-0.05, 0) is 83.3 Å². The van der Waals surface area contributed by atoms with Gasteiger partial charge in [-0.1, -0.05) is 274 Å². The average Bonchev–Trinajstić information content (AvgIpc) is 3.71. The van der Waals surface area contributed by atoms with E-state index in [0.29, 0.717) is 11.8 Å². The summed E-state index contributed by atoms with van der Waals surface area (Å²) in [7, 11) is 3.69. The summed E-state index contributed by atoms with van der Waals surface area (Å²) in [5, 5.41) is -0.198. The number of nitrogens with zero attached hydrogens (tertiary/aromatic N) is 2. The first-order valence-electron chi connectivity index (χ1n) is 29.2. The van der Waals surface area contributed by atoms with Gasteiger partial charge in [0, 0.05) is 30.0 Å². The lowest BCUT2D eigenvalue weighted by molar-refractivity contribution is -0.119. The molecule has 2 heterocycles. The van der Waals surface area contributed by atoms with E-state index in [0.717, 1.165) is 35.6 Å². The summed E-state index contributed by atoms with van der Waals surface area (Å²) >= 11 is 2.45. The summed E-state index contributed by atoms with van der Waals surface area (Å²) in [6, 6.07) is 4.63. The third kappa shape index (κ3) is 23.2. The summed E-state index contributed by atoms with van der Waals surface area (Å²) < 4.78 is 0. The number of hydrogen-bond acceptors (Lipinski definition) is 2. The molecule has 5 atom stereocenters. The molecule has 0 N–H and O–H groups in total. The maximum Gasteiger partial charge on any atom is 0.245 e. The van der Waals surface area contributed by atoms with E-state index in [2.05, 4.69) is 85.8 Å². The van der Waals surface area contributed by atoms with Crippen molar-refractivity contribution in [2.75, 3.05) is 22.9 Å². The third-order valence-corrected chi connectivity index (χ3v) is 18.7. The van der Waals surface area contributed by atoms with Crippen LogP contribution in [0.15, 0.2) is 12.1 Å². The number of fused-ring (bicyclic) bond motifs is 2. The van der Waals surface area contributed by atoms with Gasteiger partial charge in [0.1, 0.15) is 5.25 Å². The monoisotopic (exact) mass is 1060 g/mol. The van der Waals surface area contributed by atoms with E-state index < -0.39 is 0 Å². The van der Waals surface area contributed by atoms with Crippen molar-refractivity contribution in [3.63, 3.8) is 0 Å². The normalized spacial score (nSPS) is 17.2. The van der Waals surface area contributed by atoms with Crippen molar-refractivity contribution in [3.05, 3.63) is 23.3 Å². The van der Waals surface area contributed by atoms with Gasteiger partial charge < -0.3 is 9.80 Å². The molecule has 5 unspecified atom stereocenters. The lowest BCUT2D eigenvalue weighted by atomic mass is 9.93. The lowest BCUT2D eigenvalue weighted by Gasteiger charge is -2.26. The van der Waals surface area contributed by atoms with Gasteiger partial charge in [-0.25, -0.2) is 0 Å². The van der Waals surface area contributed by atoms with Crippen molar-refractivity contribution in [2.24, 2.45) is 11.8 Å². The summed E-state index contributed by atoms with van der Waals surface area (Å²) in [6.45, 7) is 13.0. The highest BCUT2D eigenvalue weighted by molar-refractivity contribution is 14.2. The predicted molar refractivity (Wildman–Crippen MR) is 306 cm³/mol. The molecular formula is C59H106IN2O2PS. The molecule has 382 valence electrons. The predicted octanol–water partition coefficient (Wildman–Crippen LogP) is 20.5. The molecule has 0 spiro atoms. The molecule has 2 aliphatic rings. The molecule has 4 nitrogen and oxygen atoms in total. The Balaban J connectivity index is 1.73. The Hall–Kier alpha value is -0.460. The smallest absolute Gasteiger partial charge is 0.245 e. The second kappa shape index (κ2) is 38.2. The van der Waals surface area contributed by atoms with Crippen molar-refractivity contribution < 1.29 is 9.59 Å². The number of anilines is 2. The zero-order valence-corrected chi connectivity index (χ0v) is 48.1. The number of benzene rings is 1. The summed E-state index contributed by atoms with van der Waals surface area (Å²) in [6.07, 6.45) is 53.6. The molecule has 0 fully saturated rings. The Morgan fingerprint density at radius 2 is 0.697 bits per heavy atom. The minimum atomic E-state index is -0.318. The molecule has 7 heteroatoms. The van der Waals surface area contributed by atoms with Crippen LogP contribution in [0.3, 0.4) is 0 Å². The van der Waals surface area contributed by atoms with Crippen LogP contribution in [0, 0.1) is 11.8 Å². The molecule has 66 heavy (non-hydrogen) atoms. The molecular weight excluding hydrogens is 959 g/mol. The summed E-state index contributed by atoms with van der Waals surface area (Å²) in [4.78, 5) is 33.4. The van der Waals surface area contributed by atoms with Crippen LogP contribution >= 0.6 is 29.2 Å². The van der Waals surface area contributed by atoms with Gasteiger partial charge in [-0.3, -0.25) is 9.59 Å². The van der Waals surface area contributed by atoms with Crippen LogP contribution < -0.4 is 9.80 Å². The van der Waals surface area contributed by atoms with Crippen LogP contribution in [-0.2, 0) is 16.8 Å². The Labute approximate surface area is 427 Å². The maximum absolute atomic E-state index is 14.7. The van der Waals surface area contributed by atoms with Crippen LogP contribution in [0.4, 0.5) is 11.4 Å². The highest BCUT2D eigenvalue weighted by Gasteiger charge is 2.44. The van der Waals surface area contributed by atoms with E-state index in [1.165, 1.54) is 257 Å². The van der Waals surface area contributed by atoms with Crippen LogP contribution in [0.25, 0.3) is 0 Å². The second-order valence-electron chi connectivity index (χ2n) is 21.5. The number of hydrogen-bond donors (Lipinski definition) is 0. The quantitative estimate of drug-likeness (QED) is 0.0371. The topological polar surface area (TPSA) is 40.6 Å². The summed E-state index contributed by atoms with van der Waals surface area (Å²) in [5.41, 5.74) is 4.50. The van der Waals surface area contributed by atoms with Gasteiger partial charge >= 0.3 is 0 Å². The highest BCUT2D eigenvalue weighted by Crippen LogP contribution is 2.50. The molecule has 2 aliphatic heterocycles. The molecule has 0 aliphatic carbocycles. The van der Waals surface area contributed by atoms with E-state index in [-0.39, 0.29) is 30.2 Å². The van der Waals surface area contributed by atoms with Crippen molar-refractivity contribution in [3.8, 4) is 0 Å². The summed E-state index contributed by atoms with van der Waals surface area (Å²) in [5.74, 6) is 1.42. The highest BCUT2D eigenvalue weighted by atomic mass is 127. The molecule has 0 bridgehead atoms. The number of carbonyl (C=O) groups is 2. The van der Waals surface area contributed by atoms with Crippen molar-refractivity contribution >= 4 is 59.7 Å². The zero-order valence-electron chi connectivity index (χ0n) is 44.2. The Morgan fingerprint density at radius 1 is 0.439 bits per heavy atom. The first kappa shape index (κ1) is 59.8. The van der Waals surface area contributed by atoms with Crippen LogP contribution in [0.2, 0.25) is 0 Å². The fourth-order valence-electron chi connectivity index (χ4n) is 11.2. The van der Waals surface area contributed by atoms with Crippen molar-refractivity contribution in [2.45, 2.75) is 303 Å². The molecule has 0 aromatic heterocycles. The van der Waals surface area contributed by atoms with Crippen molar-refractivity contribution in [1.29, 1.82) is 0 Å². The minimum absolute atomic E-state index is 0.163. The first-order valence-corrected chi connectivity index (χ1v) is 34.2. The standard InChI is InChI=1S/C59H106IN2O2PS/c1-6-10-14-18-22-26-28-32-36-39-43-51(42-38-34-30-24-20-16-12-8-3)48-61-55-47-54-56(46-53(55)50(5)58(61)63)62(59(64)57(54)66(60)65)49-52(44-40-35-31-25-21-17-13-9-4)45-41-37-33-29-27-23-19-15-11-7-2/h46-47,50-52,57,65H,6-45,48-49H2,1-5H3. The van der Waals surface area contributed by atoms with Crippen LogP contribution in [0.1, 0.15) is 314 Å². The fraction of sp³-hybridized carbons (Fsp3) is 0.864. The second-order valence-corrected chi connectivity index (χ2v) is 29.2. The average molecular weight is 1070 g/mol. The fourth-order valence-corrected chi connectivity index (χ4v) is 14.1. The zero-order chi connectivity index (χ0) is 47.6. The Bertz CT molecular complexity index is 1440. The van der Waals surface area contributed by atoms with Gasteiger partial charge in [0.25, 0.3) is 0 Å². The van der Waals surface area contributed by atoms with Crippen molar-refractivity contribution in [1.82, 2.24) is 0 Å². The van der Waals surface area contributed by atoms with E-state index >= 15 is 0 Å². The largest absolute Gasteiger partial charge is 0.311 e. The third-order valence-electron chi connectivity index (χ3n) is 15.6. The Kier molecular flexibility index (Phi) is 34.7. The van der Waals surface area contributed by atoms with Gasteiger partial charge in [0.2, 0.25) is 11.8 Å². The molecule has 3 rings (SSSR count). The number of carbonyl (C=O) groups excluding carboxylic acids is 2. The Morgan fingerprint density at radius 3 is 1.00 bits per heavy atom. The van der Waals surface area contributed by atoms with Crippen LogP contribution in [-0.4, -0.2) is 24.9 Å². The number of halogens is 1. The van der Waals surface area contributed by atoms with E-state index in [1.54, 1.807) is 0 Å². The van der Waals surface area contributed by atoms with E-state index in [4.69, 9.17) is 0 Å². The molecule has 0 saturated carbocycles. The minimum Gasteiger partial charge on any atom is -0.311 e. The number of amides is 2.